The van der Waals surface area contributed by atoms with E-state index in [0.717, 1.165) is 20.8 Å². The minimum absolute atomic E-state index is 0.864. The summed E-state index contributed by atoms with van der Waals surface area (Å²) in [6, 6.07) is -5.62. The van der Waals surface area contributed by atoms with E-state index in [4.69, 9.17) is 109 Å². The maximum atomic E-state index is 13.4. The number of aliphatic hydroxyl groups excluding tert-OH is 29. The van der Waals surface area contributed by atoms with E-state index in [1.807, 2.05) is 0 Å². The van der Waals surface area contributed by atoms with Gasteiger partial charge in [-0.15, -0.1) is 0 Å². The Hall–Kier alpha value is -3.67. The van der Waals surface area contributed by atoms with E-state index in [0.29, 0.717) is 0 Å². The Morgan fingerprint density at radius 3 is 0.625 bits per heavy atom. The molecule has 0 spiro atoms. The van der Waals surface area contributed by atoms with Crippen LogP contribution in [0, 0.1) is 0 Å². The van der Waals surface area contributed by atoms with Crippen molar-refractivity contribution >= 4 is 17.7 Å². The molecular weight excluding hydrogens is 1860 g/mol. The minimum atomic E-state index is -2.36. The summed E-state index contributed by atoms with van der Waals surface area (Å²) < 4.78 is 137. The quantitative estimate of drug-likeness (QED) is 0.0306. The molecule has 60 atom stereocenters. The predicted molar refractivity (Wildman–Crippen MR) is 421 cm³/mol. The summed E-state index contributed by atoms with van der Waals surface area (Å²) in [4.78, 5) is 39.5. The molecule has 32 N–H and O–H groups in total. The number of rotatable bonds is 31. The van der Waals surface area contributed by atoms with Gasteiger partial charge in [-0.25, -0.2) is 0 Å². The van der Waals surface area contributed by atoms with E-state index in [1.54, 1.807) is 0 Å². The third-order valence-corrected chi connectivity index (χ3v) is 26.1. The maximum absolute atomic E-state index is 13.4. The number of amides is 3. The predicted octanol–water partition coefficient (Wildman–Crippen LogP) is -20.6. The lowest BCUT2D eigenvalue weighted by Crippen LogP contribution is -2.70. The van der Waals surface area contributed by atoms with E-state index in [9.17, 15) is 162 Å². The van der Waals surface area contributed by atoms with Crippen LogP contribution in [-0.4, -0.2) is 574 Å². The summed E-state index contributed by atoms with van der Waals surface area (Å²) in [7, 11) is 0. The third kappa shape index (κ3) is 23.5. The lowest BCUT2D eigenvalue weighted by Gasteiger charge is -2.51. The van der Waals surface area contributed by atoms with Gasteiger partial charge >= 0.3 is 0 Å². The van der Waals surface area contributed by atoms with Gasteiger partial charge in [0.25, 0.3) is 0 Å². The molecule has 12 saturated heterocycles. The molecule has 0 unspecified atom stereocenters. The molecule has 136 heavy (non-hydrogen) atoms. The first-order valence-electron chi connectivity index (χ1n) is 44.3. The number of hydrogen-bond acceptors (Lipinski definition) is 55. The molecule has 12 rings (SSSR count). The van der Waals surface area contributed by atoms with Gasteiger partial charge in [-0.1, -0.05) is 0 Å². The van der Waals surface area contributed by atoms with Crippen molar-refractivity contribution in [3.63, 3.8) is 0 Å². The Morgan fingerprint density at radius 2 is 0.382 bits per heavy atom. The third-order valence-electron chi connectivity index (χ3n) is 26.1. The summed E-state index contributed by atoms with van der Waals surface area (Å²) in [5, 5.41) is 336. The van der Waals surface area contributed by atoms with E-state index < -0.39 is 426 Å². The number of carbonyl (C=O) groups excluding carboxylic acids is 3. The molecule has 12 heterocycles. The average molecular weight is 1990 g/mol. The highest BCUT2D eigenvalue weighted by atomic mass is 16.8. The highest BCUT2D eigenvalue weighted by molar-refractivity contribution is 5.74. The van der Waals surface area contributed by atoms with E-state index in [1.165, 1.54) is 41.5 Å². The van der Waals surface area contributed by atoms with Crippen LogP contribution in [0.4, 0.5) is 0 Å². The summed E-state index contributed by atoms with van der Waals surface area (Å²) in [5.74, 6) is -2.76. The Bertz CT molecular complexity index is 3730. The van der Waals surface area contributed by atoms with Crippen LogP contribution in [0.15, 0.2) is 0 Å². The van der Waals surface area contributed by atoms with E-state index in [2.05, 4.69) is 16.0 Å². The minimum Gasteiger partial charge on any atom is -0.394 e. The van der Waals surface area contributed by atoms with Gasteiger partial charge in [0, 0.05) is 20.8 Å². The second-order valence-corrected chi connectivity index (χ2v) is 35.7. The van der Waals surface area contributed by atoms with Crippen molar-refractivity contribution in [3.05, 3.63) is 0 Å². The SMILES string of the molecule is CC(=O)N[C@H]1[C@@H](O[C@@H]2[C@@H](O)[C@H](C)O[C@@H](O[C@@H]3[C@@H](O)[C@H](C)O[C@@H](O[C@H]4[C@@H](O[C@H]5[C@H](O)[C@@H](CO)O[C@H](O[C@@H]6[C@@H](O)[C@H](C)O[C@@H](O[C@@H]7[C@@H](O)[C@H](C)O[C@@H](O[C@H]8[C@@H](O[C@H]9[C@H](O)[C@@H](CO)O[C@H](O[C@@H]%10[C@@H](O)[C@H](C)O[C@H](O)[C@@H]%10O)[C@@H]9NC(C)=O)O[C@H](CO)[C@H](O)[C@@H]8O)[C@@H]7O)[C@@H]6O)[C@@H]5NC(C)=O)O[C@H](CO)[C@H](O)[C@@H]4O)[C@@H]3O)[C@@H]2O)O[C@H](CO)[C@@H](O)[C@@H]1O[C@H]1O[C@H](CO)[C@H](O)[C@H](O)[C@H]1O[C@@H]1O[C@@H](C)[C@H](O)[C@@H](O)[C@H]1O. The molecule has 0 aromatic carbocycles. The van der Waals surface area contributed by atoms with Crippen molar-refractivity contribution in [2.75, 3.05) is 39.6 Å². The van der Waals surface area contributed by atoms with Crippen LogP contribution in [0.3, 0.4) is 0 Å². The van der Waals surface area contributed by atoms with Crippen LogP contribution in [0.1, 0.15) is 62.3 Å². The van der Waals surface area contributed by atoms with Gasteiger partial charge in [0.2, 0.25) is 17.7 Å². The molecular formula is C78H131N3O55. The fraction of sp³-hybridized carbons (Fsp3) is 0.962. The van der Waals surface area contributed by atoms with Crippen LogP contribution >= 0.6 is 0 Å². The maximum Gasteiger partial charge on any atom is 0.217 e. The van der Waals surface area contributed by atoms with Crippen LogP contribution in [-0.2, 0) is 123 Å². The second kappa shape index (κ2) is 47.2. The largest absolute Gasteiger partial charge is 0.394 e. The normalized spacial score (nSPS) is 52.7. The van der Waals surface area contributed by atoms with Crippen molar-refractivity contribution in [1.29, 1.82) is 0 Å². The first kappa shape index (κ1) is 111. The van der Waals surface area contributed by atoms with Crippen molar-refractivity contribution in [2.45, 2.75) is 431 Å². The highest BCUT2D eigenvalue weighted by Crippen LogP contribution is 2.43. The smallest absolute Gasteiger partial charge is 0.217 e. The second-order valence-electron chi connectivity index (χ2n) is 35.7. The monoisotopic (exact) mass is 1990 g/mol. The first-order valence-corrected chi connectivity index (χ1v) is 44.3. The van der Waals surface area contributed by atoms with Gasteiger partial charge in [0.1, 0.15) is 256 Å². The molecule has 12 aliphatic heterocycles. The average Bonchev–Trinajstić information content (AvgIpc) is 0.776. The molecule has 12 fully saturated rings. The summed E-state index contributed by atoms with van der Waals surface area (Å²) in [5.41, 5.74) is 0. The fourth-order valence-electron chi connectivity index (χ4n) is 18.2. The van der Waals surface area contributed by atoms with Crippen LogP contribution in [0.5, 0.6) is 0 Å². The van der Waals surface area contributed by atoms with Crippen molar-refractivity contribution in [3.8, 4) is 0 Å². The molecule has 3 amide bonds. The molecule has 0 aromatic rings. The summed E-state index contributed by atoms with van der Waals surface area (Å²) in [6.45, 7) is 3.91. The van der Waals surface area contributed by atoms with Crippen molar-refractivity contribution in [2.24, 2.45) is 0 Å². The van der Waals surface area contributed by atoms with Gasteiger partial charge in [0.15, 0.2) is 75.5 Å². The first-order chi connectivity index (χ1) is 64.1. The molecule has 58 heteroatoms. The lowest BCUT2D eigenvalue weighted by atomic mass is 9.94. The van der Waals surface area contributed by atoms with Crippen molar-refractivity contribution < 1.29 is 271 Å². The number of aliphatic hydroxyl groups is 29. The molecule has 58 nitrogen and oxygen atoms in total. The van der Waals surface area contributed by atoms with Gasteiger partial charge in [-0.3, -0.25) is 14.4 Å². The zero-order valence-corrected chi connectivity index (χ0v) is 74.5. The molecule has 0 saturated carbocycles. The molecule has 0 bridgehead atoms. The fourth-order valence-corrected chi connectivity index (χ4v) is 18.2. The zero-order chi connectivity index (χ0) is 100. The summed E-state index contributed by atoms with van der Waals surface area (Å²) >= 11 is 0. The molecule has 12 aliphatic rings. The standard InChI is InChI=1S/C78H131N3O55/c1-16-34(91)46(103)50(107)71(115-16)134-64-47(104)40(97)25(10-82)123-76(64)126-57-32(80-23(8)89)69(121-29(14-86)44(57)101)130-60-36(93)18(3)116-72(52(60)109)133-63-39(96)21(6)119-75(55(63)112)136-66-49(106)42(99)27(12-84)125-78(66)128-58-33(81-24(9)90)70(122-30(15-87)45(58)102)131-61-37(94)19(4)117-73(53(61)110)132-62-38(95)20(5)118-74(54(62)111)135-65-48(105)41(98)26(11-83)124-77(65)127-56-31(79-22(7)88)68(120-28(13-85)43(56)100)129-59-35(92)17(2)114-67(113)51(59)108/h16-21,25-78,82-87,91-113H,10-15H2,1-9H3,(H,79,88)(H,80,89)(H,81,90)/t16-,17-,18-,19-,20-,21-,25+,26+,27+,28+,29+,30+,31+,32+,33+,34-,35-,36-,37-,38-,39-,40-,41-,42-,43+,44+,45+,46+,47-,48-,49-,50+,51+,52+,53+,54+,55+,56+,57+,58+,59+,60+,61+,62+,63+,64+,65+,66+,67-,68+,69+,70+,71-,72-,73-,74-,75-,76+,77+,78+/m0/s1. The Kier molecular flexibility index (Phi) is 38.6. The van der Waals surface area contributed by atoms with Crippen LogP contribution < -0.4 is 16.0 Å². The van der Waals surface area contributed by atoms with Gasteiger partial charge in [0.05, 0.1) is 76.3 Å². The van der Waals surface area contributed by atoms with Crippen LogP contribution in [0.25, 0.3) is 0 Å². The van der Waals surface area contributed by atoms with Gasteiger partial charge in [-0.05, 0) is 41.5 Å². The Balaban J connectivity index is 0.749. The molecule has 0 aromatic heterocycles. The topological polar surface area (TPSA) is 886 Å². The Morgan fingerprint density at radius 1 is 0.191 bits per heavy atom. The Labute approximate surface area is 773 Å². The molecule has 0 aliphatic carbocycles. The number of ether oxygens (including phenoxy) is 23. The molecule has 788 valence electrons. The van der Waals surface area contributed by atoms with E-state index in [-0.39, 0.29) is 0 Å². The zero-order valence-electron chi connectivity index (χ0n) is 74.5. The van der Waals surface area contributed by atoms with Gasteiger partial charge in [-0.2, -0.15) is 0 Å². The van der Waals surface area contributed by atoms with Crippen LogP contribution in [0.2, 0.25) is 0 Å². The van der Waals surface area contributed by atoms with E-state index >= 15 is 0 Å². The number of carbonyl (C=O) groups is 3. The lowest BCUT2D eigenvalue weighted by molar-refractivity contribution is -0.401. The number of hydrogen-bond donors (Lipinski definition) is 32. The summed E-state index contributed by atoms with van der Waals surface area (Å²) in [6.07, 6.45) is -113. The highest BCUT2D eigenvalue weighted by Gasteiger charge is 2.64. The molecule has 0 radical (unpaired) electrons. The van der Waals surface area contributed by atoms with Gasteiger partial charge < -0.3 is 273 Å². The number of nitrogens with one attached hydrogen (secondary N) is 3. The van der Waals surface area contributed by atoms with Crippen molar-refractivity contribution in [1.82, 2.24) is 16.0 Å².